The lowest BCUT2D eigenvalue weighted by atomic mass is 10.1. The molecule has 0 atom stereocenters. The van der Waals surface area contributed by atoms with Crippen molar-refractivity contribution in [3.8, 4) is 5.75 Å². The molecule has 0 heterocycles. The molecule has 1 aromatic carbocycles. The molecule has 1 amide bonds. The molecular formula is C28H52Cl2N4O4. The molecule has 0 bridgehead atoms. The van der Waals surface area contributed by atoms with Crippen LogP contribution >= 0.6 is 23.2 Å². The number of hydrogen-bond donors (Lipinski definition) is 2. The topological polar surface area (TPSA) is 85.4 Å². The van der Waals surface area contributed by atoms with Gasteiger partial charge < -0.3 is 29.9 Å². The number of carbonyl (C=O) groups excluding carboxylic acids is 1. The third-order valence-corrected chi connectivity index (χ3v) is 6.00. The number of ether oxygens (including phenoxy) is 1. The summed E-state index contributed by atoms with van der Waals surface area (Å²) in [4.78, 5) is 29.6. The smallest absolute Gasteiger partial charge is 0.341 e. The Morgan fingerprint density at radius 2 is 1.32 bits per heavy atom. The minimum Gasteiger partial charge on any atom is -0.494 e. The molecule has 8 nitrogen and oxygen atoms in total. The van der Waals surface area contributed by atoms with Crippen molar-refractivity contribution < 1.29 is 19.4 Å². The van der Waals surface area contributed by atoms with Crippen LogP contribution in [0.2, 0.25) is 10.0 Å². The van der Waals surface area contributed by atoms with Gasteiger partial charge in [-0.2, -0.15) is 0 Å². The van der Waals surface area contributed by atoms with Crippen LogP contribution in [0.4, 0.5) is 0 Å². The van der Waals surface area contributed by atoms with Crippen molar-refractivity contribution in [2.75, 3.05) is 75.6 Å². The van der Waals surface area contributed by atoms with Crippen molar-refractivity contribution >= 4 is 35.1 Å². The monoisotopic (exact) mass is 578 g/mol. The van der Waals surface area contributed by atoms with Crippen LogP contribution < -0.4 is 10.1 Å². The second-order valence-electron chi connectivity index (χ2n) is 9.60. The summed E-state index contributed by atoms with van der Waals surface area (Å²) in [6.45, 7) is 6.13. The van der Waals surface area contributed by atoms with Crippen LogP contribution in [-0.4, -0.2) is 107 Å². The number of nitrogens with one attached hydrogen (secondary N) is 1. The highest BCUT2D eigenvalue weighted by Gasteiger charge is 2.18. The normalized spacial score (nSPS) is 10.4. The molecule has 1 rings (SSSR count). The Hall–Kier alpha value is -1.58. The van der Waals surface area contributed by atoms with E-state index in [4.69, 9.17) is 33.0 Å². The van der Waals surface area contributed by atoms with Crippen molar-refractivity contribution in [2.45, 2.75) is 58.3 Å². The zero-order chi connectivity index (χ0) is 29.5. The SMILES string of the molecule is CCCCCCCC(=O)N(CCCN(C)C)CCCN(C)C.CNC.COc1c(Cl)ccc(Cl)c1C(=O)O. The molecule has 2 N–H and O–H groups in total. The molecule has 0 aliphatic heterocycles. The number of unbranched alkanes of at least 4 members (excludes halogenated alkanes) is 4. The van der Waals surface area contributed by atoms with Gasteiger partial charge in [-0.3, -0.25) is 4.79 Å². The van der Waals surface area contributed by atoms with E-state index in [0.717, 1.165) is 51.9 Å². The van der Waals surface area contributed by atoms with Gasteiger partial charge in [0.2, 0.25) is 5.91 Å². The highest BCUT2D eigenvalue weighted by atomic mass is 35.5. The lowest BCUT2D eigenvalue weighted by molar-refractivity contribution is -0.131. The van der Waals surface area contributed by atoms with Gasteiger partial charge in [0, 0.05) is 19.5 Å². The molecule has 0 aromatic heterocycles. The Kier molecular flexibility index (Phi) is 24.8. The quantitative estimate of drug-likeness (QED) is 0.246. The zero-order valence-corrected chi connectivity index (χ0v) is 26.4. The fourth-order valence-electron chi connectivity index (χ4n) is 3.49. The van der Waals surface area contributed by atoms with Gasteiger partial charge in [-0.25, -0.2) is 4.79 Å². The number of rotatable bonds is 16. The lowest BCUT2D eigenvalue weighted by Crippen LogP contribution is -2.35. The standard InChI is InChI=1S/C18H39N3O.C8H6Cl2O3.C2H7N/c1-6-7-8-9-10-13-18(22)21(16-11-14-19(2)3)17-12-15-20(4)5;1-13-7-5(10)3-2-4(9)6(7)8(11)12;1-3-2/h6-17H2,1-5H3;2-3H,1H3,(H,11,12);3H,1-2H3. The number of methoxy groups -OCH3 is 1. The van der Waals surface area contributed by atoms with E-state index < -0.39 is 5.97 Å². The fraction of sp³-hybridized carbons (Fsp3) is 0.714. The third-order valence-electron chi connectivity index (χ3n) is 5.39. The van der Waals surface area contributed by atoms with Crippen molar-refractivity contribution in [3.63, 3.8) is 0 Å². The highest BCUT2D eigenvalue weighted by Crippen LogP contribution is 2.33. The minimum atomic E-state index is -1.16. The molecule has 0 radical (unpaired) electrons. The largest absolute Gasteiger partial charge is 0.494 e. The lowest BCUT2D eigenvalue weighted by Gasteiger charge is -2.24. The van der Waals surface area contributed by atoms with Gasteiger partial charge in [-0.1, -0.05) is 55.8 Å². The average molecular weight is 580 g/mol. The molecule has 0 aliphatic carbocycles. The van der Waals surface area contributed by atoms with Crippen LogP contribution in [-0.2, 0) is 4.79 Å². The van der Waals surface area contributed by atoms with Crippen molar-refractivity contribution in [1.82, 2.24) is 20.0 Å². The summed E-state index contributed by atoms with van der Waals surface area (Å²) in [6.07, 6.45) is 8.93. The molecular weight excluding hydrogens is 527 g/mol. The summed E-state index contributed by atoms with van der Waals surface area (Å²) < 4.78 is 4.82. The maximum Gasteiger partial charge on any atom is 0.341 e. The van der Waals surface area contributed by atoms with E-state index in [-0.39, 0.29) is 21.4 Å². The van der Waals surface area contributed by atoms with E-state index in [1.807, 2.05) is 14.1 Å². The zero-order valence-electron chi connectivity index (χ0n) is 24.9. The van der Waals surface area contributed by atoms with Crippen LogP contribution in [0, 0.1) is 0 Å². The van der Waals surface area contributed by atoms with Crippen LogP contribution in [0.3, 0.4) is 0 Å². The number of benzene rings is 1. The highest BCUT2D eigenvalue weighted by molar-refractivity contribution is 6.36. The predicted octanol–water partition coefficient (Wildman–Crippen LogP) is 5.61. The minimum absolute atomic E-state index is 0.0849. The molecule has 0 spiro atoms. The van der Waals surface area contributed by atoms with Crippen LogP contribution in [0.25, 0.3) is 0 Å². The van der Waals surface area contributed by atoms with E-state index >= 15 is 0 Å². The fourth-order valence-corrected chi connectivity index (χ4v) is 3.95. The third kappa shape index (κ3) is 19.5. The molecule has 0 unspecified atom stereocenters. The first-order valence-electron chi connectivity index (χ1n) is 13.4. The number of aromatic carboxylic acids is 1. The molecule has 1 aromatic rings. The van der Waals surface area contributed by atoms with E-state index in [1.165, 1.54) is 44.9 Å². The maximum atomic E-state index is 12.4. The number of amides is 1. The number of carbonyl (C=O) groups is 2. The van der Waals surface area contributed by atoms with Gasteiger partial charge in [0.25, 0.3) is 0 Å². The van der Waals surface area contributed by atoms with Crippen LogP contribution in [0.5, 0.6) is 5.75 Å². The molecule has 0 aliphatic rings. The Labute approximate surface area is 241 Å². The molecule has 222 valence electrons. The van der Waals surface area contributed by atoms with E-state index in [1.54, 1.807) is 0 Å². The first-order valence-corrected chi connectivity index (χ1v) is 14.1. The van der Waals surface area contributed by atoms with Gasteiger partial charge >= 0.3 is 5.97 Å². The number of halogens is 2. The van der Waals surface area contributed by atoms with Gasteiger partial charge in [0.05, 0.1) is 17.2 Å². The molecule has 38 heavy (non-hydrogen) atoms. The van der Waals surface area contributed by atoms with Crippen molar-refractivity contribution in [1.29, 1.82) is 0 Å². The Morgan fingerprint density at radius 3 is 1.71 bits per heavy atom. The Morgan fingerprint density at radius 1 is 0.842 bits per heavy atom. The maximum absolute atomic E-state index is 12.4. The predicted molar refractivity (Wildman–Crippen MR) is 161 cm³/mol. The van der Waals surface area contributed by atoms with Gasteiger partial charge in [-0.15, -0.1) is 0 Å². The summed E-state index contributed by atoms with van der Waals surface area (Å²) in [6, 6.07) is 2.89. The number of hydrogen-bond acceptors (Lipinski definition) is 6. The van der Waals surface area contributed by atoms with Gasteiger partial charge in [0.15, 0.2) is 5.75 Å². The summed E-state index contributed by atoms with van der Waals surface area (Å²) in [5.41, 5.74) is -0.114. The summed E-state index contributed by atoms with van der Waals surface area (Å²) >= 11 is 11.4. The molecule has 0 saturated heterocycles. The summed E-state index contributed by atoms with van der Waals surface area (Å²) in [7, 11) is 13.4. The molecule has 10 heteroatoms. The number of carboxylic acid groups (broad SMARTS) is 1. The molecule has 0 fully saturated rings. The van der Waals surface area contributed by atoms with Gasteiger partial charge in [0.1, 0.15) is 5.56 Å². The first kappa shape index (κ1) is 38.6. The van der Waals surface area contributed by atoms with E-state index in [2.05, 4.69) is 55.1 Å². The number of carboxylic acids is 1. The van der Waals surface area contributed by atoms with Gasteiger partial charge in [-0.05, 0) is 86.8 Å². The van der Waals surface area contributed by atoms with Crippen molar-refractivity contribution in [2.24, 2.45) is 0 Å². The first-order chi connectivity index (χ1) is 18.0. The number of nitrogens with zero attached hydrogens (tertiary/aromatic N) is 3. The Balaban J connectivity index is 0. The van der Waals surface area contributed by atoms with Crippen LogP contribution in [0.1, 0.15) is 68.6 Å². The van der Waals surface area contributed by atoms with E-state index in [9.17, 15) is 9.59 Å². The van der Waals surface area contributed by atoms with Crippen LogP contribution in [0.15, 0.2) is 12.1 Å². The molecule has 0 saturated carbocycles. The van der Waals surface area contributed by atoms with E-state index in [0.29, 0.717) is 5.91 Å². The second kappa shape index (κ2) is 24.5. The average Bonchev–Trinajstić information content (AvgIpc) is 2.84. The van der Waals surface area contributed by atoms with Crippen molar-refractivity contribution in [3.05, 3.63) is 27.7 Å². The Bertz CT molecular complexity index is 751. The summed E-state index contributed by atoms with van der Waals surface area (Å²) in [5.74, 6) is -0.722. The second-order valence-corrected chi connectivity index (χ2v) is 10.4. The summed E-state index contributed by atoms with van der Waals surface area (Å²) in [5, 5.41) is 11.9.